The molecule has 0 heterocycles. The minimum atomic E-state index is 0.515. The van der Waals surface area contributed by atoms with E-state index < -0.39 is 0 Å². The van der Waals surface area contributed by atoms with Gasteiger partial charge in [-0.15, -0.1) is 0 Å². The van der Waals surface area contributed by atoms with Crippen LogP contribution in [-0.4, -0.2) is 0 Å². The second-order valence-electron chi connectivity index (χ2n) is 7.68. The fourth-order valence-electron chi connectivity index (χ4n) is 4.24. The Morgan fingerprint density at radius 1 is 0.941 bits per heavy atom. The van der Waals surface area contributed by atoms with E-state index in [0.29, 0.717) is 5.41 Å². The van der Waals surface area contributed by atoms with E-state index in [4.69, 9.17) is 0 Å². The summed E-state index contributed by atoms with van der Waals surface area (Å²) in [7, 11) is 0. The van der Waals surface area contributed by atoms with Crippen molar-refractivity contribution in [2.45, 2.75) is 74.1 Å². The van der Waals surface area contributed by atoms with Crippen molar-refractivity contribution in [2.24, 2.45) is 35.0 Å². The molecule has 0 saturated heterocycles. The van der Waals surface area contributed by atoms with Gasteiger partial charge < -0.3 is 0 Å². The summed E-state index contributed by atoms with van der Waals surface area (Å²) < 4.78 is 0. The van der Waals surface area contributed by atoms with Gasteiger partial charge in [0.1, 0.15) is 0 Å². The van der Waals surface area contributed by atoms with Gasteiger partial charge in [0, 0.05) is 0 Å². The summed E-state index contributed by atoms with van der Waals surface area (Å²) in [5.41, 5.74) is 0.515. The van der Waals surface area contributed by atoms with Gasteiger partial charge in [0.2, 0.25) is 0 Å². The van der Waals surface area contributed by atoms with E-state index in [2.05, 4.69) is 48.5 Å². The van der Waals surface area contributed by atoms with Crippen LogP contribution in [-0.2, 0) is 0 Å². The molecule has 0 heteroatoms. The molecule has 0 nitrogen and oxygen atoms in total. The third-order valence-electron chi connectivity index (χ3n) is 5.74. The predicted molar refractivity (Wildman–Crippen MR) is 78.1 cm³/mol. The maximum absolute atomic E-state index is 2.49. The van der Waals surface area contributed by atoms with Gasteiger partial charge in [-0.3, -0.25) is 0 Å². The minimum absolute atomic E-state index is 0.515. The molecule has 1 aliphatic rings. The van der Waals surface area contributed by atoms with Crippen LogP contribution in [0.1, 0.15) is 74.1 Å². The molecule has 1 aliphatic carbocycles. The maximum atomic E-state index is 2.49. The number of hydrogen-bond acceptors (Lipinski definition) is 0. The largest absolute Gasteiger partial charge is 0.0651 e. The topological polar surface area (TPSA) is 0 Å². The van der Waals surface area contributed by atoms with E-state index in [1.165, 1.54) is 25.7 Å². The lowest BCUT2D eigenvalue weighted by Crippen LogP contribution is -2.28. The summed E-state index contributed by atoms with van der Waals surface area (Å²) >= 11 is 0. The second kappa shape index (κ2) is 5.76. The Balaban J connectivity index is 2.88. The van der Waals surface area contributed by atoms with Crippen LogP contribution in [0.4, 0.5) is 0 Å². The zero-order valence-electron chi connectivity index (χ0n) is 13.2. The lowest BCUT2D eigenvalue weighted by molar-refractivity contribution is 0.127. The van der Waals surface area contributed by atoms with Crippen molar-refractivity contribution in [1.82, 2.24) is 0 Å². The third kappa shape index (κ3) is 3.73. The van der Waals surface area contributed by atoms with Gasteiger partial charge in [-0.05, 0) is 54.3 Å². The fraction of sp³-hybridized carbons (Fsp3) is 1.00. The first kappa shape index (κ1) is 15.1. The Labute approximate surface area is 110 Å². The van der Waals surface area contributed by atoms with Gasteiger partial charge >= 0.3 is 0 Å². The lowest BCUT2D eigenvalue weighted by atomic mass is 9.68. The predicted octanol–water partition coefficient (Wildman–Crippen LogP) is 5.77. The normalized spacial score (nSPS) is 43.6. The Hall–Kier alpha value is 0. The van der Waals surface area contributed by atoms with Crippen molar-refractivity contribution >= 4 is 0 Å². The van der Waals surface area contributed by atoms with Crippen LogP contribution < -0.4 is 0 Å². The highest BCUT2D eigenvalue weighted by Crippen LogP contribution is 2.44. The van der Waals surface area contributed by atoms with E-state index in [1.54, 1.807) is 0 Å². The maximum Gasteiger partial charge on any atom is -0.0323 e. The lowest BCUT2D eigenvalue weighted by Gasteiger charge is -2.37. The fourth-order valence-corrected chi connectivity index (χ4v) is 4.24. The first-order valence-corrected chi connectivity index (χ1v) is 7.77. The van der Waals surface area contributed by atoms with Crippen LogP contribution in [0.15, 0.2) is 0 Å². The first-order chi connectivity index (χ1) is 7.77. The highest BCUT2D eigenvalue weighted by Gasteiger charge is 2.35. The Kier molecular flexibility index (Phi) is 5.10. The zero-order chi connectivity index (χ0) is 13.2. The Morgan fingerprint density at radius 2 is 1.53 bits per heavy atom. The molecule has 5 unspecified atom stereocenters. The summed E-state index contributed by atoms with van der Waals surface area (Å²) in [6.07, 6.45) is 5.64. The molecule has 0 aromatic carbocycles. The standard InChI is InChI=1S/C17H34/c1-8-16-9-12(2)11-17(6,7)15(5)13(3)10-14(16)4/h12-16H,8-11H2,1-7H3. The van der Waals surface area contributed by atoms with E-state index in [1.807, 2.05) is 0 Å². The SMILES string of the molecule is CCC1CC(C)CC(C)(C)C(C)C(C)CC1C. The van der Waals surface area contributed by atoms with Crippen LogP contribution in [0.25, 0.3) is 0 Å². The molecule has 0 aliphatic heterocycles. The van der Waals surface area contributed by atoms with E-state index >= 15 is 0 Å². The summed E-state index contributed by atoms with van der Waals surface area (Å²) in [6, 6.07) is 0. The van der Waals surface area contributed by atoms with Gasteiger partial charge in [-0.1, -0.05) is 54.9 Å². The molecule has 102 valence electrons. The van der Waals surface area contributed by atoms with Crippen molar-refractivity contribution < 1.29 is 0 Å². The zero-order valence-corrected chi connectivity index (χ0v) is 13.2. The smallest absolute Gasteiger partial charge is 0.0323 e. The molecule has 1 saturated carbocycles. The molecule has 0 N–H and O–H groups in total. The molecule has 5 atom stereocenters. The first-order valence-electron chi connectivity index (χ1n) is 7.77. The second-order valence-corrected chi connectivity index (χ2v) is 7.68. The van der Waals surface area contributed by atoms with Crippen molar-refractivity contribution in [1.29, 1.82) is 0 Å². The molecule has 0 radical (unpaired) electrons. The van der Waals surface area contributed by atoms with Crippen molar-refractivity contribution in [3.8, 4) is 0 Å². The van der Waals surface area contributed by atoms with Crippen LogP contribution in [0.5, 0.6) is 0 Å². The molecule has 0 spiro atoms. The average Bonchev–Trinajstić information content (AvgIpc) is 2.24. The van der Waals surface area contributed by atoms with Gasteiger partial charge in [-0.25, -0.2) is 0 Å². The highest BCUT2D eigenvalue weighted by molar-refractivity contribution is 4.85. The van der Waals surface area contributed by atoms with Gasteiger partial charge in [0.15, 0.2) is 0 Å². The van der Waals surface area contributed by atoms with Crippen LogP contribution in [0.3, 0.4) is 0 Å². The summed E-state index contributed by atoms with van der Waals surface area (Å²) in [4.78, 5) is 0. The molecular weight excluding hydrogens is 204 g/mol. The molecule has 1 rings (SSSR count). The highest BCUT2D eigenvalue weighted by atomic mass is 14.4. The molecule has 0 aromatic rings. The van der Waals surface area contributed by atoms with Gasteiger partial charge in [-0.2, -0.15) is 0 Å². The Morgan fingerprint density at radius 3 is 2.06 bits per heavy atom. The molecule has 0 bridgehead atoms. The van der Waals surface area contributed by atoms with E-state index in [9.17, 15) is 0 Å². The van der Waals surface area contributed by atoms with Crippen molar-refractivity contribution in [3.63, 3.8) is 0 Å². The van der Waals surface area contributed by atoms with E-state index in [-0.39, 0.29) is 0 Å². The van der Waals surface area contributed by atoms with Crippen molar-refractivity contribution in [2.75, 3.05) is 0 Å². The van der Waals surface area contributed by atoms with Crippen LogP contribution in [0, 0.1) is 35.0 Å². The molecule has 0 amide bonds. The summed E-state index contributed by atoms with van der Waals surface area (Å²) in [5, 5.41) is 0. The molecule has 17 heavy (non-hydrogen) atoms. The molecule has 0 aromatic heterocycles. The van der Waals surface area contributed by atoms with Crippen LogP contribution in [0.2, 0.25) is 0 Å². The average molecular weight is 238 g/mol. The van der Waals surface area contributed by atoms with E-state index in [0.717, 1.165) is 29.6 Å². The van der Waals surface area contributed by atoms with Gasteiger partial charge in [0.05, 0.1) is 0 Å². The number of hydrogen-bond donors (Lipinski definition) is 0. The van der Waals surface area contributed by atoms with Crippen molar-refractivity contribution in [3.05, 3.63) is 0 Å². The minimum Gasteiger partial charge on any atom is -0.0651 e. The number of rotatable bonds is 1. The quantitative estimate of drug-likeness (QED) is 0.544. The molecule has 1 fully saturated rings. The Bertz CT molecular complexity index is 228. The summed E-state index contributed by atoms with van der Waals surface area (Å²) in [6.45, 7) is 17.3. The van der Waals surface area contributed by atoms with Gasteiger partial charge in [0.25, 0.3) is 0 Å². The van der Waals surface area contributed by atoms with Crippen LogP contribution >= 0.6 is 0 Å². The third-order valence-corrected chi connectivity index (χ3v) is 5.74. The monoisotopic (exact) mass is 238 g/mol. The molecular formula is C17H34. The summed E-state index contributed by atoms with van der Waals surface area (Å²) in [5.74, 6) is 4.48.